The number of ether oxygens (including phenoxy) is 1. The summed E-state index contributed by atoms with van der Waals surface area (Å²) in [7, 11) is 0. The highest BCUT2D eigenvalue weighted by Gasteiger charge is 2.20. The van der Waals surface area contributed by atoms with Crippen LogP contribution in [0.1, 0.15) is 40.8 Å². The minimum Gasteiger partial charge on any atom is -0.487 e. The van der Waals surface area contributed by atoms with E-state index in [1.165, 1.54) is 16.7 Å². The highest BCUT2D eigenvalue weighted by Crippen LogP contribution is 2.28. The molecule has 2 unspecified atom stereocenters. The lowest BCUT2D eigenvalue weighted by atomic mass is 10.0. The number of aliphatic hydroxyl groups is 1. The van der Waals surface area contributed by atoms with Crippen molar-refractivity contribution < 1.29 is 9.84 Å². The quantitative estimate of drug-likeness (QED) is 0.247. The van der Waals surface area contributed by atoms with Crippen molar-refractivity contribution in [3.8, 4) is 5.75 Å². The monoisotopic (exact) mass is 480 g/mol. The van der Waals surface area contributed by atoms with E-state index in [9.17, 15) is 5.11 Å². The van der Waals surface area contributed by atoms with E-state index < -0.39 is 6.10 Å². The van der Waals surface area contributed by atoms with E-state index in [0.717, 1.165) is 24.1 Å². The van der Waals surface area contributed by atoms with Gasteiger partial charge in [-0.3, -0.25) is 4.90 Å². The molecule has 2 atom stereocenters. The Hall–Kier alpha value is -3.60. The summed E-state index contributed by atoms with van der Waals surface area (Å²) in [5.74, 6) is 0.628. The molecule has 0 amide bonds. The largest absolute Gasteiger partial charge is 0.487 e. The van der Waals surface area contributed by atoms with Crippen molar-refractivity contribution in [3.05, 3.63) is 131 Å². The molecule has 0 aliphatic carbocycles. The van der Waals surface area contributed by atoms with Gasteiger partial charge in [0.15, 0.2) is 0 Å². The standard InChI is InChI=1S/C32H36N2O2/c1-24-13-15-26(16-14-24)19-25(2)34(21-27-9-5-3-6-10-27)22-31(35)29-17-18-32(30(33)20-29)36-23-28-11-7-4-8-12-28/h3-18,20,25,31,35H,19,21-23,33H2,1-2H3. The van der Waals surface area contributed by atoms with Crippen molar-refractivity contribution in [2.24, 2.45) is 0 Å². The third kappa shape index (κ3) is 7.20. The molecule has 0 radical (unpaired) electrons. The van der Waals surface area contributed by atoms with Crippen LogP contribution in [-0.4, -0.2) is 22.6 Å². The van der Waals surface area contributed by atoms with Gasteiger partial charge in [0.1, 0.15) is 12.4 Å². The molecule has 0 fully saturated rings. The fourth-order valence-electron chi connectivity index (χ4n) is 4.38. The Kier molecular flexibility index (Phi) is 8.77. The van der Waals surface area contributed by atoms with E-state index in [1.54, 1.807) is 0 Å². The summed E-state index contributed by atoms with van der Waals surface area (Å²) in [6.07, 6.45) is 0.244. The van der Waals surface area contributed by atoms with Crippen LogP contribution in [0.4, 0.5) is 5.69 Å². The molecule has 0 saturated heterocycles. The predicted octanol–water partition coefficient (Wildman–Crippen LogP) is 6.32. The van der Waals surface area contributed by atoms with E-state index >= 15 is 0 Å². The maximum absolute atomic E-state index is 11.2. The molecule has 4 aromatic carbocycles. The number of nitrogen functional groups attached to an aromatic ring is 1. The Morgan fingerprint density at radius 1 is 0.806 bits per heavy atom. The van der Waals surface area contributed by atoms with Gasteiger partial charge in [-0.1, -0.05) is 96.6 Å². The summed E-state index contributed by atoms with van der Waals surface area (Å²) < 4.78 is 5.91. The Bertz CT molecular complexity index is 1210. The van der Waals surface area contributed by atoms with Crippen LogP contribution in [-0.2, 0) is 19.6 Å². The molecule has 0 bridgehead atoms. The average Bonchev–Trinajstić information content (AvgIpc) is 2.90. The zero-order valence-corrected chi connectivity index (χ0v) is 21.2. The van der Waals surface area contributed by atoms with Crippen molar-refractivity contribution in [2.75, 3.05) is 12.3 Å². The summed E-state index contributed by atoms with van der Waals surface area (Å²) in [6, 6.07) is 35.0. The molecule has 0 aliphatic heterocycles. The number of aliphatic hydroxyl groups excluding tert-OH is 1. The molecular formula is C32H36N2O2. The third-order valence-corrected chi connectivity index (χ3v) is 6.57. The molecule has 0 heterocycles. The van der Waals surface area contributed by atoms with Crippen molar-refractivity contribution in [3.63, 3.8) is 0 Å². The van der Waals surface area contributed by atoms with Crippen LogP contribution in [0.3, 0.4) is 0 Å². The molecule has 0 spiro atoms. The minimum absolute atomic E-state index is 0.244. The fraction of sp³-hybridized carbons (Fsp3) is 0.250. The molecule has 0 aliphatic rings. The van der Waals surface area contributed by atoms with Crippen LogP contribution in [0.5, 0.6) is 5.75 Å². The Labute approximate surface area is 215 Å². The van der Waals surface area contributed by atoms with Crippen LogP contribution in [0.25, 0.3) is 0 Å². The summed E-state index contributed by atoms with van der Waals surface area (Å²) in [4.78, 5) is 2.34. The van der Waals surface area contributed by atoms with E-state index in [0.29, 0.717) is 24.6 Å². The first kappa shape index (κ1) is 25.5. The van der Waals surface area contributed by atoms with Gasteiger partial charge in [0.2, 0.25) is 0 Å². The van der Waals surface area contributed by atoms with Crippen molar-refractivity contribution >= 4 is 5.69 Å². The Morgan fingerprint density at radius 2 is 1.44 bits per heavy atom. The zero-order valence-electron chi connectivity index (χ0n) is 21.2. The van der Waals surface area contributed by atoms with Gasteiger partial charge in [0.25, 0.3) is 0 Å². The molecular weight excluding hydrogens is 444 g/mol. The molecule has 3 N–H and O–H groups in total. The van der Waals surface area contributed by atoms with E-state index in [2.05, 4.69) is 67.3 Å². The first-order valence-electron chi connectivity index (χ1n) is 12.6. The Balaban J connectivity index is 1.45. The van der Waals surface area contributed by atoms with Gasteiger partial charge < -0.3 is 15.6 Å². The molecule has 4 nitrogen and oxygen atoms in total. The molecule has 0 saturated carbocycles. The second-order valence-corrected chi connectivity index (χ2v) is 9.54. The topological polar surface area (TPSA) is 58.7 Å². The summed E-state index contributed by atoms with van der Waals surface area (Å²) in [5.41, 5.74) is 12.5. The summed E-state index contributed by atoms with van der Waals surface area (Å²) in [5, 5.41) is 11.2. The first-order chi connectivity index (χ1) is 17.5. The molecule has 4 aromatic rings. The number of hydrogen-bond donors (Lipinski definition) is 2. The SMILES string of the molecule is Cc1ccc(CC(C)N(Cc2ccccc2)CC(O)c2ccc(OCc3ccccc3)c(N)c2)cc1. The highest BCUT2D eigenvalue weighted by molar-refractivity contribution is 5.54. The number of hydrogen-bond acceptors (Lipinski definition) is 4. The fourth-order valence-corrected chi connectivity index (χ4v) is 4.38. The van der Waals surface area contributed by atoms with Gasteiger partial charge in [-0.2, -0.15) is 0 Å². The van der Waals surface area contributed by atoms with Crippen LogP contribution in [0.2, 0.25) is 0 Å². The lowest BCUT2D eigenvalue weighted by Crippen LogP contribution is -2.37. The van der Waals surface area contributed by atoms with Crippen molar-refractivity contribution in [1.82, 2.24) is 4.90 Å². The van der Waals surface area contributed by atoms with Crippen LogP contribution in [0, 0.1) is 6.92 Å². The second kappa shape index (κ2) is 12.4. The minimum atomic E-state index is -0.667. The predicted molar refractivity (Wildman–Crippen MR) is 148 cm³/mol. The normalized spacial score (nSPS) is 12.9. The zero-order chi connectivity index (χ0) is 25.3. The number of nitrogens with two attached hydrogens (primary N) is 1. The summed E-state index contributed by atoms with van der Waals surface area (Å²) >= 11 is 0. The maximum atomic E-state index is 11.2. The van der Waals surface area contributed by atoms with E-state index in [4.69, 9.17) is 10.5 Å². The van der Waals surface area contributed by atoms with Gasteiger partial charge in [0, 0.05) is 19.1 Å². The van der Waals surface area contributed by atoms with Crippen LogP contribution < -0.4 is 10.5 Å². The second-order valence-electron chi connectivity index (χ2n) is 9.54. The third-order valence-electron chi connectivity index (χ3n) is 6.57. The lowest BCUT2D eigenvalue weighted by Gasteiger charge is -2.31. The maximum Gasteiger partial charge on any atom is 0.142 e. The average molecular weight is 481 g/mol. The molecule has 4 rings (SSSR count). The number of aryl methyl sites for hydroxylation is 1. The highest BCUT2D eigenvalue weighted by atomic mass is 16.5. The van der Waals surface area contributed by atoms with Gasteiger partial charge in [-0.05, 0) is 54.7 Å². The first-order valence-corrected chi connectivity index (χ1v) is 12.6. The number of anilines is 1. The number of benzene rings is 4. The number of rotatable bonds is 11. The van der Waals surface area contributed by atoms with Gasteiger partial charge in [-0.15, -0.1) is 0 Å². The summed E-state index contributed by atoms with van der Waals surface area (Å²) in [6.45, 7) is 6.05. The molecule has 186 valence electrons. The van der Waals surface area contributed by atoms with Crippen molar-refractivity contribution in [2.45, 2.75) is 45.6 Å². The molecule has 4 heteroatoms. The van der Waals surface area contributed by atoms with E-state index in [-0.39, 0.29) is 6.04 Å². The Morgan fingerprint density at radius 3 is 2.08 bits per heavy atom. The van der Waals surface area contributed by atoms with Crippen LogP contribution >= 0.6 is 0 Å². The molecule has 36 heavy (non-hydrogen) atoms. The lowest BCUT2D eigenvalue weighted by molar-refractivity contribution is 0.0859. The van der Waals surface area contributed by atoms with Crippen molar-refractivity contribution in [1.29, 1.82) is 0 Å². The van der Waals surface area contributed by atoms with Gasteiger partial charge in [-0.25, -0.2) is 0 Å². The molecule has 0 aromatic heterocycles. The number of nitrogens with zero attached hydrogens (tertiary/aromatic N) is 1. The smallest absolute Gasteiger partial charge is 0.142 e. The van der Waals surface area contributed by atoms with E-state index in [1.807, 2.05) is 54.6 Å². The van der Waals surface area contributed by atoms with Gasteiger partial charge in [0.05, 0.1) is 11.8 Å². The van der Waals surface area contributed by atoms with Crippen LogP contribution in [0.15, 0.2) is 103 Å². The van der Waals surface area contributed by atoms with Gasteiger partial charge >= 0.3 is 0 Å².